The van der Waals surface area contributed by atoms with Crippen molar-refractivity contribution in [3.8, 4) is 0 Å². The molecule has 1 aromatic carbocycles. The fourth-order valence-corrected chi connectivity index (χ4v) is 4.40. The van der Waals surface area contributed by atoms with Crippen LogP contribution in [0.25, 0.3) is 11.0 Å². The van der Waals surface area contributed by atoms with Crippen molar-refractivity contribution in [2.45, 2.75) is 26.3 Å². The summed E-state index contributed by atoms with van der Waals surface area (Å²) < 4.78 is 24.9. The van der Waals surface area contributed by atoms with Gasteiger partial charge in [0, 0.05) is 26.7 Å². The highest BCUT2D eigenvalue weighted by Gasteiger charge is 2.26. The molecule has 0 saturated carbocycles. The molecule has 1 fully saturated rings. The highest BCUT2D eigenvalue weighted by molar-refractivity contribution is 7.88. The molecule has 1 aliphatic heterocycles. The number of hydrogen-bond acceptors (Lipinski definition) is 4. The molecule has 1 atom stereocenters. The summed E-state index contributed by atoms with van der Waals surface area (Å²) in [6, 6.07) is 5.76. The summed E-state index contributed by atoms with van der Waals surface area (Å²) >= 11 is 0. The largest absolute Gasteiger partial charge is 0.340 e. The number of rotatable bonds is 5. The Bertz CT molecular complexity index is 924. The van der Waals surface area contributed by atoms with Crippen LogP contribution in [0.2, 0.25) is 0 Å². The topological polar surface area (TPSA) is 98.4 Å². The number of imidazole rings is 1. The number of nitrogens with zero attached hydrogens (tertiary/aromatic N) is 3. The maximum absolute atomic E-state index is 12.4. The molecule has 148 valence electrons. The maximum atomic E-state index is 12.4. The van der Waals surface area contributed by atoms with Gasteiger partial charge in [-0.2, -0.15) is 0 Å². The number of sulfonamides is 1. The number of hydrogen-bond donors (Lipinski definition) is 2. The van der Waals surface area contributed by atoms with Crippen LogP contribution in [0.5, 0.6) is 0 Å². The van der Waals surface area contributed by atoms with Crippen molar-refractivity contribution >= 4 is 27.1 Å². The lowest BCUT2D eigenvalue weighted by Gasteiger charge is -2.31. The van der Waals surface area contributed by atoms with Crippen LogP contribution in [-0.2, 0) is 16.6 Å². The molecular weight excluding hydrogens is 366 g/mol. The van der Waals surface area contributed by atoms with Crippen molar-refractivity contribution in [3.63, 3.8) is 0 Å². The standard InChI is InChI=1S/C18H27N5O3S/c1-13-6-4-8-15-17(13)21-16(20-15)12-22(2)18(24)19-10-14-7-5-9-23(11-14)27(3,25)26/h4,6,8,14H,5,7,9-12H2,1-3H3,(H,19,24)(H,20,21). The Hall–Kier alpha value is -2.13. The third kappa shape index (κ3) is 4.78. The van der Waals surface area contributed by atoms with Crippen molar-refractivity contribution in [1.82, 2.24) is 24.5 Å². The first kappa shape index (κ1) is 19.6. The normalized spacial score (nSPS) is 18.6. The third-order valence-electron chi connectivity index (χ3n) is 4.99. The van der Waals surface area contributed by atoms with Gasteiger partial charge in [-0.3, -0.25) is 0 Å². The molecule has 1 aromatic heterocycles. The lowest BCUT2D eigenvalue weighted by molar-refractivity contribution is 0.199. The number of urea groups is 1. The van der Waals surface area contributed by atoms with E-state index in [1.807, 2.05) is 25.1 Å². The minimum absolute atomic E-state index is 0.139. The summed E-state index contributed by atoms with van der Waals surface area (Å²) in [5, 5.41) is 2.91. The van der Waals surface area contributed by atoms with Gasteiger partial charge in [-0.05, 0) is 37.3 Å². The monoisotopic (exact) mass is 393 g/mol. The molecule has 2 amide bonds. The van der Waals surface area contributed by atoms with Crippen LogP contribution in [0.15, 0.2) is 18.2 Å². The molecule has 2 aromatic rings. The van der Waals surface area contributed by atoms with Gasteiger partial charge >= 0.3 is 6.03 Å². The Morgan fingerprint density at radius 2 is 2.22 bits per heavy atom. The van der Waals surface area contributed by atoms with E-state index in [1.165, 1.54) is 10.6 Å². The molecule has 0 spiro atoms. The number of nitrogens with one attached hydrogen (secondary N) is 2. The van der Waals surface area contributed by atoms with E-state index in [0.29, 0.717) is 26.2 Å². The number of benzene rings is 1. The van der Waals surface area contributed by atoms with E-state index in [9.17, 15) is 13.2 Å². The first-order valence-corrected chi connectivity index (χ1v) is 11.0. The van der Waals surface area contributed by atoms with Crippen molar-refractivity contribution in [3.05, 3.63) is 29.6 Å². The molecule has 2 N–H and O–H groups in total. The Kier molecular flexibility index (Phi) is 5.71. The lowest BCUT2D eigenvalue weighted by atomic mass is 10.00. The fourth-order valence-electron chi connectivity index (χ4n) is 3.46. The molecular formula is C18H27N5O3S. The van der Waals surface area contributed by atoms with Gasteiger partial charge in [0.1, 0.15) is 5.82 Å². The Morgan fingerprint density at radius 1 is 1.44 bits per heavy atom. The summed E-state index contributed by atoms with van der Waals surface area (Å²) in [6.45, 7) is 3.88. The van der Waals surface area contributed by atoms with Gasteiger partial charge in [-0.15, -0.1) is 0 Å². The molecule has 0 bridgehead atoms. The predicted octanol–water partition coefficient (Wildman–Crippen LogP) is 1.68. The number of aromatic nitrogens is 2. The number of para-hydroxylation sites is 1. The van der Waals surface area contributed by atoms with E-state index in [2.05, 4.69) is 15.3 Å². The van der Waals surface area contributed by atoms with E-state index in [0.717, 1.165) is 35.3 Å². The Labute approximate surface area is 160 Å². The molecule has 1 aliphatic rings. The van der Waals surface area contributed by atoms with Crippen molar-refractivity contribution in [1.29, 1.82) is 0 Å². The fraction of sp³-hybridized carbons (Fsp3) is 0.556. The second-order valence-electron chi connectivity index (χ2n) is 7.33. The molecule has 9 heteroatoms. The van der Waals surface area contributed by atoms with E-state index >= 15 is 0 Å². The maximum Gasteiger partial charge on any atom is 0.317 e. The van der Waals surface area contributed by atoms with Gasteiger partial charge in [0.15, 0.2) is 0 Å². The second kappa shape index (κ2) is 7.85. The lowest BCUT2D eigenvalue weighted by Crippen LogP contribution is -2.45. The molecule has 27 heavy (non-hydrogen) atoms. The second-order valence-corrected chi connectivity index (χ2v) is 9.31. The van der Waals surface area contributed by atoms with Gasteiger partial charge < -0.3 is 15.2 Å². The molecule has 2 heterocycles. The van der Waals surface area contributed by atoms with Crippen LogP contribution in [0.1, 0.15) is 24.2 Å². The molecule has 0 aliphatic carbocycles. The van der Waals surface area contributed by atoms with Crippen molar-refractivity contribution < 1.29 is 13.2 Å². The molecule has 1 saturated heterocycles. The van der Waals surface area contributed by atoms with E-state index in [4.69, 9.17) is 0 Å². The van der Waals surface area contributed by atoms with Crippen LogP contribution in [0.4, 0.5) is 4.79 Å². The summed E-state index contributed by atoms with van der Waals surface area (Å²) in [6.07, 6.45) is 2.97. The van der Waals surface area contributed by atoms with E-state index < -0.39 is 10.0 Å². The molecule has 8 nitrogen and oxygen atoms in total. The summed E-state index contributed by atoms with van der Waals surface area (Å²) in [7, 11) is -1.45. The minimum Gasteiger partial charge on any atom is -0.340 e. The number of amides is 2. The number of carbonyl (C=O) groups is 1. The first-order chi connectivity index (χ1) is 12.7. The van der Waals surface area contributed by atoms with E-state index in [-0.39, 0.29) is 11.9 Å². The van der Waals surface area contributed by atoms with Gasteiger partial charge in [-0.25, -0.2) is 22.5 Å². The SMILES string of the molecule is Cc1cccc2[nH]c(CN(C)C(=O)NCC3CCCN(S(C)(=O)=O)C3)nc12. The van der Waals surface area contributed by atoms with Crippen LogP contribution in [-0.4, -0.2) is 66.6 Å². The number of carbonyl (C=O) groups excluding carboxylic acids is 1. The predicted molar refractivity (Wildman–Crippen MR) is 105 cm³/mol. The quantitative estimate of drug-likeness (QED) is 0.807. The van der Waals surface area contributed by atoms with Gasteiger partial charge in [0.25, 0.3) is 0 Å². The molecule has 3 rings (SSSR count). The zero-order valence-electron chi connectivity index (χ0n) is 16.0. The van der Waals surface area contributed by atoms with Gasteiger partial charge in [-0.1, -0.05) is 12.1 Å². The Morgan fingerprint density at radius 3 is 2.93 bits per heavy atom. The molecule has 0 radical (unpaired) electrons. The summed E-state index contributed by atoms with van der Waals surface area (Å²) in [4.78, 5) is 21.8. The average Bonchev–Trinajstić information content (AvgIpc) is 3.03. The highest BCUT2D eigenvalue weighted by atomic mass is 32.2. The number of fused-ring (bicyclic) bond motifs is 1. The smallest absolute Gasteiger partial charge is 0.317 e. The van der Waals surface area contributed by atoms with E-state index in [1.54, 1.807) is 11.9 Å². The highest BCUT2D eigenvalue weighted by Crippen LogP contribution is 2.18. The van der Waals surface area contributed by atoms with Gasteiger partial charge in [0.2, 0.25) is 10.0 Å². The summed E-state index contributed by atoms with van der Waals surface area (Å²) in [5.74, 6) is 0.873. The van der Waals surface area contributed by atoms with Crippen LogP contribution in [0.3, 0.4) is 0 Å². The average molecular weight is 394 g/mol. The summed E-state index contributed by atoms with van der Waals surface area (Å²) in [5.41, 5.74) is 2.97. The molecule has 1 unspecified atom stereocenters. The number of aromatic amines is 1. The van der Waals surface area contributed by atoms with Crippen LogP contribution >= 0.6 is 0 Å². The number of aryl methyl sites for hydroxylation is 1. The number of H-pyrrole nitrogens is 1. The van der Waals surface area contributed by atoms with Crippen molar-refractivity contribution in [2.75, 3.05) is 32.9 Å². The van der Waals surface area contributed by atoms with Crippen LogP contribution < -0.4 is 5.32 Å². The zero-order chi connectivity index (χ0) is 19.6. The first-order valence-electron chi connectivity index (χ1n) is 9.12. The van der Waals surface area contributed by atoms with Crippen molar-refractivity contribution in [2.24, 2.45) is 5.92 Å². The van der Waals surface area contributed by atoms with Crippen LogP contribution in [0, 0.1) is 12.8 Å². The zero-order valence-corrected chi connectivity index (χ0v) is 16.8. The minimum atomic E-state index is -3.17. The number of piperidine rings is 1. The Balaban J connectivity index is 1.53. The third-order valence-corrected chi connectivity index (χ3v) is 6.26. The van der Waals surface area contributed by atoms with Gasteiger partial charge in [0.05, 0.1) is 23.8 Å².